The van der Waals surface area contributed by atoms with Gasteiger partial charge in [0.1, 0.15) is 0 Å². The summed E-state index contributed by atoms with van der Waals surface area (Å²) in [5.41, 5.74) is 3.72. The monoisotopic (exact) mass is 260 g/mol. The molecule has 0 bridgehead atoms. The zero-order valence-corrected chi connectivity index (χ0v) is 11.7. The number of nitrogens with zero attached hydrogens (tertiary/aromatic N) is 2. The quantitative estimate of drug-likeness (QED) is 0.897. The van der Waals surface area contributed by atoms with Crippen molar-refractivity contribution < 1.29 is 9.63 Å². The zero-order chi connectivity index (χ0) is 13.8. The van der Waals surface area contributed by atoms with Crippen LogP contribution in [-0.4, -0.2) is 21.4 Å². The van der Waals surface area contributed by atoms with Crippen molar-refractivity contribution >= 4 is 0 Å². The Bertz CT molecular complexity index is 549. The van der Waals surface area contributed by atoms with Crippen molar-refractivity contribution in [1.82, 2.24) is 10.1 Å². The summed E-state index contributed by atoms with van der Waals surface area (Å²) >= 11 is 0. The third-order valence-electron chi connectivity index (χ3n) is 3.33. The molecule has 0 saturated heterocycles. The van der Waals surface area contributed by atoms with Gasteiger partial charge in [-0.2, -0.15) is 4.98 Å². The Morgan fingerprint density at radius 3 is 2.74 bits per heavy atom. The summed E-state index contributed by atoms with van der Waals surface area (Å²) in [5, 5.41) is 13.5. The summed E-state index contributed by atoms with van der Waals surface area (Å²) in [4.78, 5) is 4.31. The molecule has 4 heteroatoms. The molecule has 1 N–H and O–H groups in total. The van der Waals surface area contributed by atoms with Crippen molar-refractivity contribution in [1.29, 1.82) is 0 Å². The van der Waals surface area contributed by atoms with Crippen LogP contribution < -0.4 is 0 Å². The average molecular weight is 260 g/mol. The second kappa shape index (κ2) is 5.97. The van der Waals surface area contributed by atoms with Crippen LogP contribution in [-0.2, 0) is 12.8 Å². The molecule has 0 aliphatic rings. The number of hydrogen-bond acceptors (Lipinski definition) is 4. The fourth-order valence-electron chi connectivity index (χ4n) is 1.89. The van der Waals surface area contributed by atoms with Gasteiger partial charge in [-0.15, -0.1) is 0 Å². The van der Waals surface area contributed by atoms with E-state index >= 15 is 0 Å². The van der Waals surface area contributed by atoms with Crippen molar-refractivity contribution in [2.75, 3.05) is 0 Å². The maximum Gasteiger partial charge on any atom is 0.229 e. The molecule has 4 nitrogen and oxygen atoms in total. The van der Waals surface area contributed by atoms with E-state index in [1.807, 2.05) is 6.92 Å². The molecule has 19 heavy (non-hydrogen) atoms. The van der Waals surface area contributed by atoms with E-state index in [-0.39, 0.29) is 0 Å². The molecule has 0 amide bonds. The van der Waals surface area contributed by atoms with Crippen molar-refractivity contribution in [3.63, 3.8) is 0 Å². The van der Waals surface area contributed by atoms with Gasteiger partial charge in [0.2, 0.25) is 5.89 Å². The van der Waals surface area contributed by atoms with Gasteiger partial charge in [0.15, 0.2) is 5.82 Å². The number of aromatic nitrogens is 2. The molecule has 102 valence electrons. The molecule has 1 aromatic heterocycles. The fraction of sp³-hybridized carbons (Fsp3) is 0.467. The molecule has 0 spiro atoms. The number of aliphatic hydroxyl groups excluding tert-OH is 1. The Balaban J connectivity index is 2.05. The lowest BCUT2D eigenvalue weighted by atomic mass is 10.0. The predicted octanol–water partition coefficient (Wildman–Crippen LogP) is 2.59. The number of rotatable bonds is 5. The lowest BCUT2D eigenvalue weighted by Crippen LogP contribution is -2.08. The topological polar surface area (TPSA) is 59.2 Å². The largest absolute Gasteiger partial charge is 0.393 e. The molecule has 2 rings (SSSR count). The van der Waals surface area contributed by atoms with Gasteiger partial charge in [0.25, 0.3) is 0 Å². The van der Waals surface area contributed by atoms with Gasteiger partial charge in [0.05, 0.1) is 12.5 Å². The van der Waals surface area contributed by atoms with E-state index in [0.717, 1.165) is 0 Å². The second-order valence-corrected chi connectivity index (χ2v) is 4.97. The molecule has 0 aliphatic carbocycles. The number of aryl methyl sites for hydroxylation is 2. The molecular formula is C15H20N2O2. The van der Waals surface area contributed by atoms with Crippen molar-refractivity contribution in [2.45, 2.75) is 46.1 Å². The highest BCUT2D eigenvalue weighted by molar-refractivity contribution is 5.31. The van der Waals surface area contributed by atoms with Crippen molar-refractivity contribution in [3.8, 4) is 0 Å². The lowest BCUT2D eigenvalue weighted by molar-refractivity contribution is 0.158. The molecule has 0 aliphatic heterocycles. The standard InChI is InChI=1S/C15H20N2O2/c1-4-13(18)9-15-16-14(17-19-15)8-12-6-5-10(2)11(3)7-12/h5-7,13,18H,4,8-9H2,1-3H3. The van der Waals surface area contributed by atoms with Crippen LogP contribution in [0.4, 0.5) is 0 Å². The van der Waals surface area contributed by atoms with Gasteiger partial charge in [-0.25, -0.2) is 0 Å². The molecular weight excluding hydrogens is 240 g/mol. The summed E-state index contributed by atoms with van der Waals surface area (Å²) in [5.74, 6) is 1.18. The summed E-state index contributed by atoms with van der Waals surface area (Å²) in [7, 11) is 0. The first-order valence-electron chi connectivity index (χ1n) is 6.64. The maximum absolute atomic E-state index is 9.55. The highest BCUT2D eigenvalue weighted by Gasteiger charge is 2.11. The maximum atomic E-state index is 9.55. The SMILES string of the molecule is CCC(O)Cc1nc(Cc2ccc(C)c(C)c2)no1. The van der Waals surface area contributed by atoms with Crippen LogP contribution in [0.1, 0.15) is 41.8 Å². The Hall–Kier alpha value is -1.68. The first-order valence-corrected chi connectivity index (χ1v) is 6.64. The van der Waals surface area contributed by atoms with Gasteiger partial charge < -0.3 is 9.63 Å². The van der Waals surface area contributed by atoms with Crippen LogP contribution in [0.15, 0.2) is 22.7 Å². The fourth-order valence-corrected chi connectivity index (χ4v) is 1.89. The molecule has 1 atom stereocenters. The minimum Gasteiger partial charge on any atom is -0.393 e. The Kier molecular flexibility index (Phi) is 4.32. The predicted molar refractivity (Wildman–Crippen MR) is 73.0 cm³/mol. The van der Waals surface area contributed by atoms with Gasteiger partial charge in [0, 0.05) is 6.42 Å². The van der Waals surface area contributed by atoms with Gasteiger partial charge >= 0.3 is 0 Å². The van der Waals surface area contributed by atoms with E-state index in [1.54, 1.807) is 0 Å². The van der Waals surface area contributed by atoms with E-state index in [4.69, 9.17) is 4.52 Å². The molecule has 2 aromatic rings. The molecule has 1 heterocycles. The third kappa shape index (κ3) is 3.64. The first-order chi connectivity index (χ1) is 9.08. The van der Waals surface area contributed by atoms with Crippen molar-refractivity contribution in [3.05, 3.63) is 46.6 Å². The van der Waals surface area contributed by atoms with E-state index in [0.29, 0.717) is 31.0 Å². The van der Waals surface area contributed by atoms with Gasteiger partial charge in [-0.3, -0.25) is 0 Å². The average Bonchev–Trinajstić information content (AvgIpc) is 2.81. The van der Waals surface area contributed by atoms with E-state index in [2.05, 4.69) is 42.2 Å². The number of benzene rings is 1. The smallest absolute Gasteiger partial charge is 0.229 e. The minimum absolute atomic E-state index is 0.407. The molecule has 0 radical (unpaired) electrons. The zero-order valence-electron chi connectivity index (χ0n) is 11.7. The molecule has 0 saturated carbocycles. The van der Waals surface area contributed by atoms with E-state index in [1.165, 1.54) is 16.7 Å². The highest BCUT2D eigenvalue weighted by atomic mass is 16.5. The van der Waals surface area contributed by atoms with Gasteiger partial charge in [-0.05, 0) is 37.0 Å². The number of aliphatic hydroxyl groups is 1. The highest BCUT2D eigenvalue weighted by Crippen LogP contribution is 2.13. The van der Waals surface area contributed by atoms with Crippen LogP contribution in [0.3, 0.4) is 0 Å². The van der Waals surface area contributed by atoms with Crippen molar-refractivity contribution in [2.24, 2.45) is 0 Å². The van der Waals surface area contributed by atoms with Crippen LogP contribution in [0.2, 0.25) is 0 Å². The third-order valence-corrected chi connectivity index (χ3v) is 3.33. The lowest BCUT2D eigenvalue weighted by Gasteiger charge is -2.02. The minimum atomic E-state index is -0.407. The van der Waals surface area contributed by atoms with Crippen LogP contribution in [0.5, 0.6) is 0 Å². The summed E-state index contributed by atoms with van der Waals surface area (Å²) in [6.45, 7) is 6.12. The summed E-state index contributed by atoms with van der Waals surface area (Å²) < 4.78 is 5.14. The normalized spacial score (nSPS) is 12.6. The van der Waals surface area contributed by atoms with Crippen LogP contribution in [0.25, 0.3) is 0 Å². The summed E-state index contributed by atoms with van der Waals surface area (Å²) in [6.07, 6.45) is 1.37. The summed E-state index contributed by atoms with van der Waals surface area (Å²) in [6, 6.07) is 6.33. The first kappa shape index (κ1) is 13.7. The number of hydrogen-bond donors (Lipinski definition) is 1. The van der Waals surface area contributed by atoms with Crippen LogP contribution in [0, 0.1) is 13.8 Å². The van der Waals surface area contributed by atoms with E-state index in [9.17, 15) is 5.11 Å². The second-order valence-electron chi connectivity index (χ2n) is 4.97. The molecule has 1 unspecified atom stereocenters. The Labute approximate surface area is 113 Å². The Morgan fingerprint density at radius 2 is 2.05 bits per heavy atom. The molecule has 0 fully saturated rings. The van der Waals surface area contributed by atoms with Gasteiger partial charge in [-0.1, -0.05) is 30.3 Å². The van der Waals surface area contributed by atoms with Crippen LogP contribution >= 0.6 is 0 Å². The Morgan fingerprint density at radius 1 is 1.26 bits per heavy atom. The molecule has 1 aromatic carbocycles. The van der Waals surface area contributed by atoms with E-state index < -0.39 is 6.10 Å².